The van der Waals surface area contributed by atoms with E-state index in [1.165, 1.54) is 23.9 Å². The molecule has 2 N–H and O–H groups in total. The predicted molar refractivity (Wildman–Crippen MR) is 127 cm³/mol. The van der Waals surface area contributed by atoms with Gasteiger partial charge in [0.1, 0.15) is 0 Å². The van der Waals surface area contributed by atoms with Gasteiger partial charge < -0.3 is 5.32 Å². The molecule has 5 nitrogen and oxygen atoms in total. The minimum atomic E-state index is -3.78. The first-order valence-electron chi connectivity index (χ1n) is 9.53. The molecule has 0 radical (unpaired) electrons. The highest BCUT2D eigenvalue weighted by Crippen LogP contribution is 2.26. The van der Waals surface area contributed by atoms with Crippen LogP contribution in [0, 0.1) is 0 Å². The van der Waals surface area contributed by atoms with Crippen molar-refractivity contribution in [2.24, 2.45) is 0 Å². The SMILES string of the molecule is CSc1ccccc1C(=O)Nc1ccc(S(=O)(=O)Nc2cccc3ccccc23)cc1. The molecule has 4 aromatic carbocycles. The molecule has 1 amide bonds. The van der Waals surface area contributed by atoms with Gasteiger partial charge in [0.25, 0.3) is 15.9 Å². The van der Waals surface area contributed by atoms with Gasteiger partial charge in [-0.05, 0) is 54.1 Å². The van der Waals surface area contributed by atoms with E-state index in [0.717, 1.165) is 15.7 Å². The molecule has 0 aromatic heterocycles. The number of fused-ring (bicyclic) bond motifs is 1. The third kappa shape index (κ3) is 4.57. The van der Waals surface area contributed by atoms with E-state index in [2.05, 4.69) is 10.0 Å². The van der Waals surface area contributed by atoms with E-state index in [1.54, 1.807) is 24.3 Å². The molecule has 0 fully saturated rings. The summed E-state index contributed by atoms with van der Waals surface area (Å²) in [5.41, 5.74) is 1.61. The molecule has 4 aromatic rings. The summed E-state index contributed by atoms with van der Waals surface area (Å²) < 4.78 is 28.4. The highest BCUT2D eigenvalue weighted by molar-refractivity contribution is 7.98. The minimum absolute atomic E-state index is 0.114. The van der Waals surface area contributed by atoms with Crippen LogP contribution in [0.15, 0.2) is 101 Å². The Morgan fingerprint density at radius 1 is 0.806 bits per heavy atom. The Labute approximate surface area is 185 Å². The highest BCUT2D eigenvalue weighted by Gasteiger charge is 2.16. The number of hydrogen-bond acceptors (Lipinski definition) is 4. The molecule has 0 unspecified atom stereocenters. The molecule has 0 atom stereocenters. The monoisotopic (exact) mass is 448 g/mol. The van der Waals surface area contributed by atoms with Crippen molar-refractivity contribution < 1.29 is 13.2 Å². The number of carbonyl (C=O) groups is 1. The van der Waals surface area contributed by atoms with E-state index < -0.39 is 10.0 Å². The van der Waals surface area contributed by atoms with Crippen LogP contribution in [0.25, 0.3) is 10.8 Å². The number of hydrogen-bond donors (Lipinski definition) is 2. The smallest absolute Gasteiger partial charge is 0.261 e. The third-order valence-electron chi connectivity index (χ3n) is 4.81. The topological polar surface area (TPSA) is 75.3 Å². The fraction of sp³-hybridized carbons (Fsp3) is 0.0417. The van der Waals surface area contributed by atoms with Gasteiger partial charge in [-0.1, -0.05) is 48.5 Å². The maximum absolute atomic E-state index is 12.9. The van der Waals surface area contributed by atoms with Crippen molar-refractivity contribution >= 4 is 49.8 Å². The Morgan fingerprint density at radius 2 is 1.48 bits per heavy atom. The van der Waals surface area contributed by atoms with Crippen LogP contribution in [0.2, 0.25) is 0 Å². The number of carbonyl (C=O) groups excluding carboxylic acids is 1. The number of rotatable bonds is 6. The Hall–Kier alpha value is -3.29. The summed E-state index contributed by atoms with van der Waals surface area (Å²) in [4.78, 5) is 13.6. The summed E-state index contributed by atoms with van der Waals surface area (Å²) in [6, 6.07) is 26.5. The van der Waals surface area contributed by atoms with Crippen molar-refractivity contribution in [3.8, 4) is 0 Å². The second kappa shape index (κ2) is 8.83. The van der Waals surface area contributed by atoms with Gasteiger partial charge >= 0.3 is 0 Å². The quantitative estimate of drug-likeness (QED) is 0.376. The third-order valence-corrected chi connectivity index (χ3v) is 6.99. The van der Waals surface area contributed by atoms with Gasteiger partial charge in [0.15, 0.2) is 0 Å². The second-order valence-corrected chi connectivity index (χ2v) is 9.34. The molecule has 7 heteroatoms. The number of benzene rings is 4. The van der Waals surface area contributed by atoms with Crippen molar-refractivity contribution in [1.82, 2.24) is 0 Å². The minimum Gasteiger partial charge on any atom is -0.322 e. The number of thioether (sulfide) groups is 1. The van der Waals surface area contributed by atoms with Crippen LogP contribution >= 0.6 is 11.8 Å². The summed E-state index contributed by atoms with van der Waals surface area (Å²) in [6.45, 7) is 0. The first-order chi connectivity index (χ1) is 15.0. The van der Waals surface area contributed by atoms with Crippen LogP contribution in [-0.4, -0.2) is 20.6 Å². The van der Waals surface area contributed by atoms with Crippen molar-refractivity contribution in [3.05, 3.63) is 96.6 Å². The average molecular weight is 449 g/mol. The molecule has 0 heterocycles. The largest absolute Gasteiger partial charge is 0.322 e. The normalized spacial score (nSPS) is 11.3. The molecule has 0 bridgehead atoms. The standard InChI is InChI=1S/C24H20N2O3S2/c1-30-23-12-5-4-10-21(23)24(27)25-18-13-15-19(16-14-18)31(28,29)26-22-11-6-8-17-7-2-3-9-20(17)22/h2-16,26H,1H3,(H,25,27). The summed E-state index contributed by atoms with van der Waals surface area (Å²) >= 11 is 1.49. The number of nitrogens with one attached hydrogen (secondary N) is 2. The lowest BCUT2D eigenvalue weighted by Crippen LogP contribution is -2.14. The van der Waals surface area contributed by atoms with Gasteiger partial charge in [0, 0.05) is 16.0 Å². The Bertz CT molecular complexity index is 1350. The molecule has 0 saturated carbocycles. The van der Waals surface area contributed by atoms with E-state index in [0.29, 0.717) is 16.9 Å². The summed E-state index contributed by atoms with van der Waals surface area (Å²) in [5.74, 6) is -0.241. The van der Waals surface area contributed by atoms with E-state index in [4.69, 9.17) is 0 Å². The van der Waals surface area contributed by atoms with Crippen LogP contribution in [0.1, 0.15) is 10.4 Å². The lowest BCUT2D eigenvalue weighted by atomic mass is 10.1. The van der Waals surface area contributed by atoms with Gasteiger partial charge in [-0.15, -0.1) is 11.8 Å². The molecule has 0 aliphatic carbocycles. The molecule has 0 saturated heterocycles. The molecular weight excluding hydrogens is 428 g/mol. The van der Waals surface area contributed by atoms with Gasteiger partial charge in [0.05, 0.1) is 16.1 Å². The van der Waals surface area contributed by atoms with Gasteiger partial charge in [0.2, 0.25) is 0 Å². The van der Waals surface area contributed by atoms with Gasteiger partial charge in [-0.25, -0.2) is 8.42 Å². The van der Waals surface area contributed by atoms with E-state index in [9.17, 15) is 13.2 Å². The maximum atomic E-state index is 12.9. The van der Waals surface area contributed by atoms with E-state index in [-0.39, 0.29) is 10.8 Å². The highest BCUT2D eigenvalue weighted by atomic mass is 32.2. The number of amides is 1. The first-order valence-corrected chi connectivity index (χ1v) is 12.2. The summed E-state index contributed by atoms with van der Waals surface area (Å²) in [7, 11) is -3.78. The molecule has 4 rings (SSSR count). The molecule has 0 aliphatic rings. The summed E-state index contributed by atoms with van der Waals surface area (Å²) in [5, 5.41) is 4.59. The summed E-state index contributed by atoms with van der Waals surface area (Å²) in [6.07, 6.45) is 1.91. The molecule has 0 spiro atoms. The van der Waals surface area contributed by atoms with Crippen molar-refractivity contribution in [1.29, 1.82) is 0 Å². The Balaban J connectivity index is 1.54. The van der Waals surface area contributed by atoms with E-state index >= 15 is 0 Å². The van der Waals surface area contributed by atoms with Crippen LogP contribution in [-0.2, 0) is 10.0 Å². The zero-order chi connectivity index (χ0) is 21.8. The van der Waals surface area contributed by atoms with Crippen molar-refractivity contribution in [3.63, 3.8) is 0 Å². The van der Waals surface area contributed by atoms with Crippen LogP contribution in [0.5, 0.6) is 0 Å². The predicted octanol–water partition coefficient (Wildman–Crippen LogP) is 5.61. The fourth-order valence-electron chi connectivity index (χ4n) is 3.27. The zero-order valence-corrected chi connectivity index (χ0v) is 18.3. The number of anilines is 2. The lowest BCUT2D eigenvalue weighted by molar-refractivity contribution is 0.102. The molecule has 156 valence electrons. The van der Waals surface area contributed by atoms with Gasteiger partial charge in [-0.3, -0.25) is 9.52 Å². The molecule has 31 heavy (non-hydrogen) atoms. The zero-order valence-electron chi connectivity index (χ0n) is 16.7. The maximum Gasteiger partial charge on any atom is 0.261 e. The van der Waals surface area contributed by atoms with Crippen LogP contribution in [0.4, 0.5) is 11.4 Å². The molecular formula is C24H20N2O3S2. The van der Waals surface area contributed by atoms with Crippen LogP contribution in [0.3, 0.4) is 0 Å². The average Bonchev–Trinajstić information content (AvgIpc) is 2.79. The van der Waals surface area contributed by atoms with Crippen molar-refractivity contribution in [2.75, 3.05) is 16.3 Å². The molecule has 0 aliphatic heterocycles. The Morgan fingerprint density at radius 3 is 2.26 bits per heavy atom. The first kappa shape index (κ1) is 21.0. The van der Waals surface area contributed by atoms with Gasteiger partial charge in [-0.2, -0.15) is 0 Å². The van der Waals surface area contributed by atoms with Crippen molar-refractivity contribution in [2.45, 2.75) is 9.79 Å². The lowest BCUT2D eigenvalue weighted by Gasteiger charge is -2.12. The van der Waals surface area contributed by atoms with Crippen LogP contribution < -0.4 is 10.0 Å². The Kier molecular flexibility index (Phi) is 5.97. The van der Waals surface area contributed by atoms with E-state index in [1.807, 2.05) is 60.9 Å². The second-order valence-electron chi connectivity index (χ2n) is 6.81. The number of sulfonamides is 1. The fourth-order valence-corrected chi connectivity index (χ4v) is 4.94.